The fourth-order valence-electron chi connectivity index (χ4n) is 3.67. The summed E-state index contributed by atoms with van der Waals surface area (Å²) >= 11 is 0. The maximum Gasteiger partial charge on any atom is 0.272 e. The predicted molar refractivity (Wildman–Crippen MR) is 120 cm³/mol. The first-order valence-corrected chi connectivity index (χ1v) is 11.3. The molecule has 162 valence electrons. The van der Waals surface area contributed by atoms with E-state index in [2.05, 4.69) is 10.0 Å². The van der Waals surface area contributed by atoms with E-state index >= 15 is 0 Å². The molecule has 0 fully saturated rings. The minimum absolute atomic E-state index is 0.185. The highest BCUT2D eigenvalue weighted by Gasteiger charge is 2.28. The highest BCUT2D eigenvalue weighted by molar-refractivity contribution is 7.90. The number of carbonyl (C=O) groups is 1. The van der Waals surface area contributed by atoms with Crippen molar-refractivity contribution in [3.05, 3.63) is 89.0 Å². The van der Waals surface area contributed by atoms with Gasteiger partial charge in [-0.2, -0.15) is 5.26 Å². The third kappa shape index (κ3) is 4.19. The van der Waals surface area contributed by atoms with Crippen LogP contribution in [-0.2, 0) is 23.4 Å². The average molecular weight is 450 g/mol. The first-order valence-electron chi connectivity index (χ1n) is 9.77. The largest absolute Gasteiger partial charge is 0.345 e. The lowest BCUT2D eigenvalue weighted by molar-refractivity contribution is 0.101. The number of anilines is 1. The predicted octanol–water partition coefficient (Wildman–Crippen LogP) is 3.84. The Morgan fingerprint density at radius 1 is 1.31 bits per heavy atom. The summed E-state index contributed by atoms with van der Waals surface area (Å²) in [5, 5.41) is 11.7. The van der Waals surface area contributed by atoms with Gasteiger partial charge in [0.25, 0.3) is 5.91 Å². The first kappa shape index (κ1) is 21.5. The van der Waals surface area contributed by atoms with Gasteiger partial charge < -0.3 is 9.88 Å². The molecule has 0 radical (unpaired) electrons. The zero-order valence-electron chi connectivity index (χ0n) is 17.1. The van der Waals surface area contributed by atoms with E-state index in [0.29, 0.717) is 12.0 Å². The van der Waals surface area contributed by atoms with Gasteiger partial charge in [0.05, 0.1) is 10.5 Å². The molecule has 2 atom stereocenters. The van der Waals surface area contributed by atoms with Gasteiger partial charge in [0, 0.05) is 30.5 Å². The van der Waals surface area contributed by atoms with Gasteiger partial charge in [-0.05, 0) is 30.2 Å². The van der Waals surface area contributed by atoms with Crippen LogP contribution in [0.5, 0.6) is 0 Å². The molecule has 0 aliphatic carbocycles. The van der Waals surface area contributed by atoms with Crippen molar-refractivity contribution >= 4 is 27.6 Å². The van der Waals surface area contributed by atoms with Crippen LogP contribution in [0.4, 0.5) is 10.1 Å². The van der Waals surface area contributed by atoms with E-state index in [9.17, 15) is 13.4 Å². The third-order valence-electron chi connectivity index (χ3n) is 5.16. The Bertz CT molecular complexity index is 1370. The number of nitrogens with zero attached hydrogens (tertiary/aromatic N) is 2. The lowest BCUT2D eigenvalue weighted by Crippen LogP contribution is -2.33. The molecule has 1 amide bonds. The number of fused-ring (bicyclic) bond motifs is 1. The lowest BCUT2D eigenvalue weighted by Gasteiger charge is -2.15. The topological polar surface area (TPSA) is 111 Å². The van der Waals surface area contributed by atoms with Gasteiger partial charge in [0.2, 0.25) is 0 Å². The minimum Gasteiger partial charge on any atom is -0.345 e. The van der Waals surface area contributed by atoms with Crippen LogP contribution in [-0.4, -0.2) is 20.7 Å². The molecule has 0 saturated carbocycles. The Morgan fingerprint density at radius 2 is 2.06 bits per heavy atom. The molecular formula is C23H20FN5O2S. The maximum absolute atomic E-state index is 13.6. The number of nitrogens with one attached hydrogen (secondary N) is 3. The number of amides is 1. The normalized spacial score (nSPS) is 19.6. The van der Waals surface area contributed by atoms with Gasteiger partial charge in [0.15, 0.2) is 0 Å². The molecule has 1 aromatic heterocycles. The Labute approximate surface area is 185 Å². The molecule has 1 aliphatic heterocycles. The Morgan fingerprint density at radius 3 is 2.78 bits per heavy atom. The fourth-order valence-corrected chi connectivity index (χ4v) is 5.17. The summed E-state index contributed by atoms with van der Waals surface area (Å²) < 4.78 is 39.6. The monoisotopic (exact) mass is 449 g/mol. The van der Waals surface area contributed by atoms with E-state index in [1.165, 1.54) is 22.9 Å². The number of aromatic nitrogens is 1. The van der Waals surface area contributed by atoms with Crippen LogP contribution in [0, 0.1) is 21.9 Å². The minimum atomic E-state index is -3.38. The molecule has 1 aliphatic rings. The van der Waals surface area contributed by atoms with Crippen LogP contribution in [0.25, 0.3) is 6.08 Å². The van der Waals surface area contributed by atoms with Crippen molar-refractivity contribution in [1.29, 1.82) is 10.0 Å². The van der Waals surface area contributed by atoms with Crippen molar-refractivity contribution in [1.82, 2.24) is 9.29 Å². The highest BCUT2D eigenvalue weighted by atomic mass is 32.2. The number of aryl methyl sites for hydroxylation is 1. The molecule has 7 nitrogen and oxygen atoms in total. The van der Waals surface area contributed by atoms with Crippen LogP contribution in [0.3, 0.4) is 0 Å². The average Bonchev–Trinajstić information content (AvgIpc) is 3.05. The molecule has 3 N–H and O–H groups in total. The SMILES string of the molecule is Cn1cc2c(c1C(=O)Nc1ccc(F)c(C#N)c1)C=CC(Cc1ccccc1)NS2(=N)=O. The van der Waals surface area contributed by atoms with Crippen LogP contribution in [0.2, 0.25) is 0 Å². The third-order valence-corrected chi connectivity index (χ3v) is 6.74. The maximum atomic E-state index is 13.6. The van der Waals surface area contributed by atoms with Crippen molar-refractivity contribution in [2.75, 3.05) is 5.32 Å². The summed E-state index contributed by atoms with van der Waals surface area (Å²) in [6, 6.07) is 14.7. The van der Waals surface area contributed by atoms with Gasteiger partial charge in [-0.3, -0.25) is 4.79 Å². The van der Waals surface area contributed by atoms with E-state index < -0.39 is 21.6 Å². The second-order valence-corrected chi connectivity index (χ2v) is 9.24. The van der Waals surface area contributed by atoms with E-state index in [4.69, 9.17) is 10.0 Å². The number of carbonyl (C=O) groups excluding carboxylic acids is 1. The molecule has 2 aromatic carbocycles. The number of hydrogen-bond donors (Lipinski definition) is 3. The highest BCUT2D eigenvalue weighted by Crippen LogP contribution is 2.28. The second-order valence-electron chi connectivity index (χ2n) is 7.46. The number of rotatable bonds is 4. The summed E-state index contributed by atoms with van der Waals surface area (Å²) in [7, 11) is -1.75. The zero-order chi connectivity index (χ0) is 22.9. The molecule has 32 heavy (non-hydrogen) atoms. The molecule has 0 spiro atoms. The lowest BCUT2D eigenvalue weighted by atomic mass is 10.1. The second kappa shape index (κ2) is 8.42. The molecule has 9 heteroatoms. The van der Waals surface area contributed by atoms with Crippen LogP contribution in [0.1, 0.15) is 27.2 Å². The first-order chi connectivity index (χ1) is 15.3. The molecule has 0 bridgehead atoms. The van der Waals surface area contributed by atoms with Crippen LogP contribution < -0.4 is 10.0 Å². The zero-order valence-corrected chi connectivity index (χ0v) is 17.9. The standard InChI is InChI=1S/C23H20FN5O2S/c1-29-14-21-19(22(29)23(30)27-17-8-10-20(24)16(12-17)13-25)9-7-18(28-32(21,26)31)11-15-5-3-2-4-6-15/h2-10,12,14,18H,11H2,1H3,(H,27,30)(H2,26,28,31). The van der Waals surface area contributed by atoms with Gasteiger partial charge in [-0.25, -0.2) is 18.1 Å². The summed E-state index contributed by atoms with van der Waals surface area (Å²) in [6.07, 6.45) is 5.55. The molecule has 0 saturated heterocycles. The van der Waals surface area contributed by atoms with E-state index in [1.54, 1.807) is 25.3 Å². The molecular weight excluding hydrogens is 429 g/mol. The van der Waals surface area contributed by atoms with Crippen molar-refractivity contribution in [2.45, 2.75) is 17.4 Å². The molecule has 2 unspecified atom stereocenters. The van der Waals surface area contributed by atoms with Crippen LogP contribution >= 0.6 is 0 Å². The number of halogens is 1. The van der Waals surface area contributed by atoms with Gasteiger partial charge >= 0.3 is 0 Å². The number of benzene rings is 2. The van der Waals surface area contributed by atoms with Gasteiger partial charge in [-0.15, -0.1) is 0 Å². The fraction of sp³-hybridized carbons (Fsp3) is 0.130. The van der Waals surface area contributed by atoms with E-state index in [0.717, 1.165) is 11.6 Å². The smallest absolute Gasteiger partial charge is 0.272 e. The van der Waals surface area contributed by atoms with Crippen molar-refractivity contribution in [3.63, 3.8) is 0 Å². The van der Waals surface area contributed by atoms with Crippen molar-refractivity contribution in [3.8, 4) is 6.07 Å². The van der Waals surface area contributed by atoms with Crippen molar-refractivity contribution < 1.29 is 13.4 Å². The summed E-state index contributed by atoms with van der Waals surface area (Å²) in [4.78, 5) is 13.2. The van der Waals surface area contributed by atoms with Gasteiger partial charge in [0.1, 0.15) is 27.5 Å². The van der Waals surface area contributed by atoms with E-state index in [-0.39, 0.29) is 27.9 Å². The summed E-state index contributed by atoms with van der Waals surface area (Å²) in [6.45, 7) is 0. The van der Waals surface area contributed by atoms with Crippen molar-refractivity contribution in [2.24, 2.45) is 7.05 Å². The van der Waals surface area contributed by atoms with E-state index in [1.807, 2.05) is 30.3 Å². The molecule has 3 aromatic rings. The van der Waals surface area contributed by atoms with Crippen LogP contribution in [0.15, 0.2) is 65.7 Å². The Balaban J connectivity index is 1.67. The number of nitriles is 1. The molecule has 2 heterocycles. The Kier molecular flexibility index (Phi) is 5.65. The number of hydrogen-bond acceptors (Lipinski definition) is 4. The summed E-state index contributed by atoms with van der Waals surface area (Å²) in [5.41, 5.74) is 1.69. The molecule has 4 rings (SSSR count). The van der Waals surface area contributed by atoms with Gasteiger partial charge in [-0.1, -0.05) is 42.5 Å². The Hall–Kier alpha value is -3.74. The quantitative estimate of drug-likeness (QED) is 0.563. The summed E-state index contributed by atoms with van der Waals surface area (Å²) in [5.74, 6) is -1.20.